The maximum Gasteiger partial charge on any atom is 0.328 e. The molecule has 10 heteroatoms. The number of ether oxygens (including phenoxy) is 1. The lowest BCUT2D eigenvalue weighted by atomic mass is 10.1. The van der Waals surface area contributed by atoms with Crippen LogP contribution < -0.4 is 4.74 Å². The fourth-order valence-corrected chi connectivity index (χ4v) is 1.95. The number of halogens is 1. The van der Waals surface area contributed by atoms with Crippen molar-refractivity contribution in [2.75, 3.05) is 6.61 Å². The number of oxime groups is 1. The molecule has 2 aromatic rings. The molecule has 0 saturated heterocycles. The highest BCUT2D eigenvalue weighted by atomic mass is 19.1. The van der Waals surface area contributed by atoms with Crippen LogP contribution in [0, 0.1) is 5.82 Å². The molecule has 150 valence electrons. The van der Waals surface area contributed by atoms with Crippen molar-refractivity contribution in [2.45, 2.75) is 19.8 Å². The molecule has 28 heavy (non-hydrogen) atoms. The molecule has 0 aliphatic rings. The molecule has 1 aromatic carbocycles. The second-order valence-electron chi connectivity index (χ2n) is 5.37. The summed E-state index contributed by atoms with van der Waals surface area (Å²) in [5, 5.41) is 27.2. The number of rotatable bonds is 8. The summed E-state index contributed by atoms with van der Waals surface area (Å²) in [6.45, 7) is 2.02. The van der Waals surface area contributed by atoms with Gasteiger partial charge in [-0.25, -0.2) is 19.0 Å². The Kier molecular flexibility index (Phi) is 9.45. The Balaban J connectivity index is 0.000000416. The van der Waals surface area contributed by atoms with E-state index in [0.717, 1.165) is 18.5 Å². The van der Waals surface area contributed by atoms with Gasteiger partial charge in [0.2, 0.25) is 0 Å². The first kappa shape index (κ1) is 22.4. The van der Waals surface area contributed by atoms with E-state index in [-0.39, 0.29) is 11.3 Å². The minimum Gasteiger partial charge on any atom is -0.493 e. The zero-order chi connectivity index (χ0) is 20.9. The normalized spacial score (nSPS) is 11.0. The van der Waals surface area contributed by atoms with Gasteiger partial charge in [0.1, 0.15) is 11.6 Å². The molecule has 9 nitrogen and oxygen atoms in total. The first-order chi connectivity index (χ1) is 13.3. The van der Waals surface area contributed by atoms with Crippen LogP contribution in [0.2, 0.25) is 0 Å². The van der Waals surface area contributed by atoms with Gasteiger partial charge in [0.05, 0.1) is 18.6 Å². The van der Waals surface area contributed by atoms with E-state index in [1.807, 2.05) is 0 Å². The first-order valence-corrected chi connectivity index (χ1v) is 8.06. The summed E-state index contributed by atoms with van der Waals surface area (Å²) in [6.07, 6.45) is 6.16. The molecule has 0 amide bonds. The van der Waals surface area contributed by atoms with Crippen LogP contribution >= 0.6 is 0 Å². The third-order valence-electron chi connectivity index (χ3n) is 3.26. The molecule has 4 N–H and O–H groups in total. The zero-order valence-corrected chi connectivity index (χ0v) is 15.0. The van der Waals surface area contributed by atoms with Gasteiger partial charge >= 0.3 is 11.9 Å². The molecule has 0 saturated carbocycles. The van der Waals surface area contributed by atoms with E-state index in [1.54, 1.807) is 18.6 Å². The Hall–Kier alpha value is -3.69. The van der Waals surface area contributed by atoms with Crippen molar-refractivity contribution in [3.05, 3.63) is 59.9 Å². The van der Waals surface area contributed by atoms with Crippen LogP contribution in [0.1, 0.15) is 24.6 Å². The Bertz CT molecular complexity index is 818. The quantitative estimate of drug-likeness (QED) is 0.177. The predicted molar refractivity (Wildman–Crippen MR) is 97.2 cm³/mol. The zero-order valence-electron chi connectivity index (χ0n) is 15.0. The number of imidazole rings is 1. The molecule has 0 aliphatic heterocycles. The first-order valence-electron chi connectivity index (χ1n) is 8.06. The Morgan fingerprint density at radius 3 is 2.46 bits per heavy atom. The molecule has 2 rings (SSSR count). The number of carboxylic acids is 2. The monoisotopic (exact) mass is 393 g/mol. The van der Waals surface area contributed by atoms with Gasteiger partial charge in [0.15, 0.2) is 0 Å². The Morgan fingerprint density at radius 2 is 1.96 bits per heavy atom. The van der Waals surface area contributed by atoms with Gasteiger partial charge < -0.3 is 25.1 Å². The summed E-state index contributed by atoms with van der Waals surface area (Å²) in [6, 6.07) is 4.48. The number of nitrogens with one attached hydrogen (secondary N) is 1. The van der Waals surface area contributed by atoms with Crippen LogP contribution in [0.4, 0.5) is 4.39 Å². The van der Waals surface area contributed by atoms with Gasteiger partial charge in [-0.2, -0.15) is 0 Å². The van der Waals surface area contributed by atoms with E-state index in [1.165, 1.54) is 19.1 Å². The van der Waals surface area contributed by atoms with Gasteiger partial charge in [0, 0.05) is 35.7 Å². The van der Waals surface area contributed by atoms with Crippen molar-refractivity contribution >= 4 is 17.7 Å². The number of H-pyrrole nitrogens is 1. The number of aryl methyl sites for hydroxylation is 1. The van der Waals surface area contributed by atoms with Crippen molar-refractivity contribution in [3.8, 4) is 5.75 Å². The molecule has 1 aromatic heterocycles. The maximum atomic E-state index is 13.7. The largest absolute Gasteiger partial charge is 0.493 e. The van der Waals surface area contributed by atoms with Crippen molar-refractivity contribution in [1.82, 2.24) is 9.97 Å². The SMILES string of the molecule is C/C(=N\O)c1ccc(OCCCc2cnc[nH]2)cc1F.O=C(O)/C=C\C(=O)O. The molecular formula is C18H20FN3O6. The van der Waals surface area contributed by atoms with Crippen molar-refractivity contribution in [2.24, 2.45) is 5.16 Å². The van der Waals surface area contributed by atoms with Gasteiger partial charge in [0.25, 0.3) is 0 Å². The maximum absolute atomic E-state index is 13.7. The van der Waals surface area contributed by atoms with Gasteiger partial charge in [-0.05, 0) is 31.9 Å². The summed E-state index contributed by atoms with van der Waals surface area (Å²) in [5.41, 5.74) is 1.54. The van der Waals surface area contributed by atoms with Gasteiger partial charge in [-0.1, -0.05) is 5.16 Å². The number of hydrogen-bond acceptors (Lipinski definition) is 6. The van der Waals surface area contributed by atoms with E-state index >= 15 is 0 Å². The standard InChI is InChI=1S/C14H16FN3O2.C4H4O4/c1-10(18-19)13-5-4-12(7-14(13)15)20-6-2-3-11-8-16-9-17-11;5-3(6)1-2-4(7)8/h4-5,7-9,19H,2-3,6H2,1H3,(H,16,17);1-2H,(H,5,6)(H,7,8)/b18-10+;2-1-. The molecule has 0 bridgehead atoms. The summed E-state index contributed by atoms with van der Waals surface area (Å²) in [5.74, 6) is -2.52. The summed E-state index contributed by atoms with van der Waals surface area (Å²) < 4.78 is 19.2. The third kappa shape index (κ3) is 8.61. The van der Waals surface area contributed by atoms with Crippen LogP contribution in [0.25, 0.3) is 0 Å². The van der Waals surface area contributed by atoms with Crippen molar-refractivity contribution in [3.63, 3.8) is 0 Å². The van der Waals surface area contributed by atoms with E-state index in [0.29, 0.717) is 24.5 Å². The molecule has 0 spiro atoms. The van der Waals surface area contributed by atoms with Crippen LogP contribution in [0.3, 0.4) is 0 Å². The third-order valence-corrected chi connectivity index (χ3v) is 3.26. The minimum atomic E-state index is -1.26. The molecule has 1 heterocycles. The van der Waals surface area contributed by atoms with E-state index in [4.69, 9.17) is 20.2 Å². The number of carbonyl (C=O) groups is 2. The highest BCUT2D eigenvalue weighted by Crippen LogP contribution is 2.17. The van der Waals surface area contributed by atoms with E-state index in [2.05, 4.69) is 15.1 Å². The lowest BCUT2D eigenvalue weighted by molar-refractivity contribution is -0.134. The number of nitrogens with zero attached hydrogens (tertiary/aromatic N) is 2. The molecule has 0 unspecified atom stereocenters. The highest BCUT2D eigenvalue weighted by Gasteiger charge is 2.07. The van der Waals surface area contributed by atoms with Gasteiger partial charge in [-0.15, -0.1) is 0 Å². The lowest BCUT2D eigenvalue weighted by Gasteiger charge is -2.07. The number of aromatic amines is 1. The van der Waals surface area contributed by atoms with Crippen LogP contribution in [0.5, 0.6) is 5.75 Å². The fourth-order valence-electron chi connectivity index (χ4n) is 1.95. The Labute approximate surface area is 159 Å². The topological polar surface area (TPSA) is 145 Å². The smallest absolute Gasteiger partial charge is 0.328 e. The van der Waals surface area contributed by atoms with Crippen molar-refractivity contribution < 1.29 is 34.1 Å². The number of hydrogen-bond donors (Lipinski definition) is 4. The van der Waals surface area contributed by atoms with Crippen LogP contribution in [-0.4, -0.2) is 49.6 Å². The summed E-state index contributed by atoms with van der Waals surface area (Å²) >= 11 is 0. The second kappa shape index (κ2) is 11.8. The molecule has 0 radical (unpaired) electrons. The van der Waals surface area contributed by atoms with E-state index in [9.17, 15) is 14.0 Å². The van der Waals surface area contributed by atoms with Gasteiger partial charge in [-0.3, -0.25) is 0 Å². The average Bonchev–Trinajstić information content (AvgIpc) is 3.17. The minimum absolute atomic E-state index is 0.230. The number of aromatic nitrogens is 2. The fraction of sp³-hybridized carbons (Fsp3) is 0.222. The summed E-state index contributed by atoms with van der Waals surface area (Å²) in [7, 11) is 0. The Morgan fingerprint density at radius 1 is 1.29 bits per heavy atom. The lowest BCUT2D eigenvalue weighted by Crippen LogP contribution is -2.02. The van der Waals surface area contributed by atoms with Crippen LogP contribution in [0.15, 0.2) is 48.0 Å². The van der Waals surface area contributed by atoms with Crippen molar-refractivity contribution in [1.29, 1.82) is 0 Å². The molecule has 0 fully saturated rings. The molecule has 0 atom stereocenters. The van der Waals surface area contributed by atoms with E-state index < -0.39 is 17.8 Å². The second-order valence-corrected chi connectivity index (χ2v) is 5.37. The van der Waals surface area contributed by atoms with Crippen LogP contribution in [-0.2, 0) is 16.0 Å². The highest BCUT2D eigenvalue weighted by molar-refractivity contribution is 5.98. The average molecular weight is 393 g/mol. The number of aliphatic carboxylic acids is 2. The molecular weight excluding hydrogens is 373 g/mol. The molecule has 0 aliphatic carbocycles. The number of carboxylic acid groups (broad SMARTS) is 2. The number of benzene rings is 1. The summed E-state index contributed by atoms with van der Waals surface area (Å²) in [4.78, 5) is 26.0. The predicted octanol–water partition coefficient (Wildman–Crippen LogP) is 2.47.